The lowest BCUT2D eigenvalue weighted by Gasteiger charge is -2.23. The molecule has 1 aromatic heterocycles. The van der Waals surface area contributed by atoms with Crippen LogP contribution < -0.4 is 15.4 Å². The van der Waals surface area contributed by atoms with Gasteiger partial charge < -0.3 is 14.8 Å². The zero-order chi connectivity index (χ0) is 24.9. The summed E-state index contributed by atoms with van der Waals surface area (Å²) in [7, 11) is 2.79. The van der Waals surface area contributed by atoms with Gasteiger partial charge in [-0.15, -0.1) is 0 Å². The number of fused-ring (bicyclic) bond motifs is 1. The number of methoxy groups -OCH3 is 2. The topological polar surface area (TPSA) is 124 Å². The van der Waals surface area contributed by atoms with Gasteiger partial charge in [-0.1, -0.05) is 41.7 Å². The Morgan fingerprint density at radius 1 is 1.03 bits per heavy atom. The van der Waals surface area contributed by atoms with Crippen LogP contribution in [-0.4, -0.2) is 42.8 Å². The maximum atomic E-state index is 13.0. The van der Waals surface area contributed by atoms with E-state index in [1.807, 2.05) is 0 Å². The number of nitrogens with one attached hydrogen (secondary N) is 2. The second-order valence-electron chi connectivity index (χ2n) is 7.88. The number of aromatic nitrogens is 1. The molecule has 180 valence electrons. The zero-order valence-corrected chi connectivity index (χ0v) is 19.9. The Kier molecular flexibility index (Phi) is 7.21. The molecule has 2 aromatic carbocycles. The third-order valence-corrected chi connectivity index (χ3v) is 6.68. The molecule has 2 N–H and O–H groups in total. The summed E-state index contributed by atoms with van der Waals surface area (Å²) in [5, 5.41) is 5.69. The summed E-state index contributed by atoms with van der Waals surface area (Å²) in [5.41, 5.74) is 1.44. The molecule has 1 aliphatic rings. The van der Waals surface area contributed by atoms with Crippen LogP contribution in [0.4, 0.5) is 5.13 Å². The van der Waals surface area contributed by atoms with Crippen molar-refractivity contribution in [3.8, 4) is 5.75 Å². The van der Waals surface area contributed by atoms with Gasteiger partial charge in [-0.3, -0.25) is 19.7 Å². The van der Waals surface area contributed by atoms with E-state index in [9.17, 15) is 19.2 Å². The predicted molar refractivity (Wildman–Crippen MR) is 129 cm³/mol. The second kappa shape index (κ2) is 10.5. The lowest BCUT2D eigenvalue weighted by atomic mass is 9.89. The van der Waals surface area contributed by atoms with Gasteiger partial charge in [0.1, 0.15) is 5.75 Å². The van der Waals surface area contributed by atoms with Gasteiger partial charge in [0, 0.05) is 18.4 Å². The smallest absolute Gasteiger partial charge is 0.333 e. The highest BCUT2D eigenvalue weighted by Gasteiger charge is 2.35. The van der Waals surface area contributed by atoms with Crippen molar-refractivity contribution in [2.24, 2.45) is 5.92 Å². The predicted octanol–water partition coefficient (Wildman–Crippen LogP) is 3.18. The van der Waals surface area contributed by atoms with E-state index in [0.717, 1.165) is 11.3 Å². The highest BCUT2D eigenvalue weighted by molar-refractivity contribution is 7.17. The van der Waals surface area contributed by atoms with Gasteiger partial charge in [-0.05, 0) is 29.8 Å². The molecule has 0 fully saturated rings. The molecule has 1 heterocycles. The fourth-order valence-electron chi connectivity index (χ4n) is 3.78. The normalized spacial score (nSPS) is 15.5. The van der Waals surface area contributed by atoms with E-state index in [2.05, 4.69) is 15.6 Å². The number of carbonyl (C=O) groups is 4. The number of ether oxygens (including phenoxy) is 2. The zero-order valence-electron chi connectivity index (χ0n) is 19.1. The fraction of sp³-hybridized carbons (Fsp3) is 0.240. The van der Waals surface area contributed by atoms with Crippen LogP contribution in [0.3, 0.4) is 0 Å². The summed E-state index contributed by atoms with van der Waals surface area (Å²) < 4.78 is 9.94. The number of carbonyl (C=O) groups excluding carboxylic acids is 4. The highest BCUT2D eigenvalue weighted by Crippen LogP contribution is 2.33. The third kappa shape index (κ3) is 5.38. The summed E-state index contributed by atoms with van der Waals surface area (Å²) in [6.45, 7) is 0. The van der Waals surface area contributed by atoms with Crippen LogP contribution in [0.1, 0.15) is 43.7 Å². The first-order valence-corrected chi connectivity index (χ1v) is 11.6. The Hall–Kier alpha value is -4.05. The van der Waals surface area contributed by atoms with Crippen molar-refractivity contribution in [1.82, 2.24) is 10.3 Å². The first-order valence-electron chi connectivity index (χ1n) is 10.8. The number of thiazole rings is 1. The number of hydrogen-bond donors (Lipinski definition) is 2. The molecule has 2 atom stereocenters. The van der Waals surface area contributed by atoms with Crippen molar-refractivity contribution >= 4 is 40.0 Å². The molecular formula is C25H23N3O6S. The molecule has 35 heavy (non-hydrogen) atoms. The Morgan fingerprint density at radius 3 is 2.40 bits per heavy atom. The van der Waals surface area contributed by atoms with Crippen LogP contribution in [0, 0.1) is 5.92 Å². The van der Waals surface area contributed by atoms with Crippen LogP contribution in [0.5, 0.6) is 5.75 Å². The van der Waals surface area contributed by atoms with Gasteiger partial charge in [-0.25, -0.2) is 9.78 Å². The number of ketones is 1. The molecule has 0 saturated heterocycles. The second-order valence-corrected chi connectivity index (χ2v) is 8.88. The van der Waals surface area contributed by atoms with Gasteiger partial charge in [-0.2, -0.15) is 0 Å². The average molecular weight is 494 g/mol. The summed E-state index contributed by atoms with van der Waals surface area (Å²) in [4.78, 5) is 55.4. The minimum atomic E-state index is -0.986. The van der Waals surface area contributed by atoms with Gasteiger partial charge in [0.15, 0.2) is 17.0 Å². The van der Waals surface area contributed by atoms with E-state index >= 15 is 0 Å². The molecule has 0 spiro atoms. The number of hydrogen-bond acceptors (Lipinski definition) is 8. The molecule has 4 rings (SSSR count). The number of rotatable bonds is 7. The molecule has 3 aromatic rings. The van der Waals surface area contributed by atoms with E-state index in [1.165, 1.54) is 14.2 Å². The van der Waals surface area contributed by atoms with E-state index in [4.69, 9.17) is 9.47 Å². The van der Waals surface area contributed by atoms with E-state index in [-0.39, 0.29) is 29.7 Å². The molecule has 0 saturated carbocycles. The van der Waals surface area contributed by atoms with E-state index in [1.54, 1.807) is 54.6 Å². The minimum Gasteiger partial charge on any atom is -0.497 e. The van der Waals surface area contributed by atoms with Crippen LogP contribution in [0.15, 0.2) is 54.6 Å². The largest absolute Gasteiger partial charge is 0.497 e. The van der Waals surface area contributed by atoms with Crippen LogP contribution >= 0.6 is 11.3 Å². The number of esters is 1. The third-order valence-electron chi connectivity index (χ3n) is 5.62. The van der Waals surface area contributed by atoms with Crippen molar-refractivity contribution in [2.45, 2.75) is 18.9 Å². The summed E-state index contributed by atoms with van der Waals surface area (Å²) >= 11 is 1.08. The monoisotopic (exact) mass is 493 g/mol. The first kappa shape index (κ1) is 24.1. The molecule has 0 radical (unpaired) electrons. The average Bonchev–Trinajstić information content (AvgIpc) is 3.30. The van der Waals surface area contributed by atoms with Gasteiger partial charge in [0.25, 0.3) is 5.91 Å². The number of nitrogens with zero attached hydrogens (tertiary/aromatic N) is 1. The van der Waals surface area contributed by atoms with Crippen molar-refractivity contribution in [1.29, 1.82) is 0 Å². The SMILES string of the molecule is COC(=O)[C@@H](NC(=O)[C@@H]1CC(=O)c2sc(NC(=O)c3ccc(OC)cc3)nc2C1)c1ccccc1. The molecule has 0 aliphatic heterocycles. The van der Waals surface area contributed by atoms with Crippen molar-refractivity contribution in [3.63, 3.8) is 0 Å². The number of anilines is 1. The summed E-state index contributed by atoms with van der Waals surface area (Å²) in [5.74, 6) is -1.72. The Balaban J connectivity index is 1.46. The summed E-state index contributed by atoms with van der Waals surface area (Å²) in [6.07, 6.45) is 0.195. The fourth-order valence-corrected chi connectivity index (χ4v) is 4.72. The van der Waals surface area contributed by atoms with Gasteiger partial charge >= 0.3 is 5.97 Å². The van der Waals surface area contributed by atoms with Crippen LogP contribution in [0.2, 0.25) is 0 Å². The lowest BCUT2D eigenvalue weighted by molar-refractivity contribution is -0.145. The minimum absolute atomic E-state index is 0.0183. The molecule has 1 aliphatic carbocycles. The molecule has 9 nitrogen and oxygen atoms in total. The maximum Gasteiger partial charge on any atom is 0.333 e. The van der Waals surface area contributed by atoms with Gasteiger partial charge in [0.2, 0.25) is 5.91 Å². The van der Waals surface area contributed by atoms with E-state index < -0.39 is 23.8 Å². The number of benzene rings is 2. The standard InChI is InChI=1S/C25H23N3O6S/c1-33-17-10-8-15(9-11-17)22(30)28-25-26-18-12-16(13-19(29)21(18)35-25)23(31)27-20(24(32)34-2)14-6-4-3-5-7-14/h3-11,16,20H,12-13H2,1-2H3,(H,27,31)(H,26,28,30)/t16-,20-/m0/s1. The maximum absolute atomic E-state index is 13.0. The van der Waals surface area contributed by atoms with Gasteiger partial charge in [0.05, 0.1) is 30.7 Å². The molecule has 2 amide bonds. The Morgan fingerprint density at radius 2 is 1.74 bits per heavy atom. The Bertz CT molecular complexity index is 1260. The van der Waals surface area contributed by atoms with Crippen molar-refractivity contribution in [3.05, 3.63) is 76.3 Å². The molecule has 0 unspecified atom stereocenters. The van der Waals surface area contributed by atoms with Crippen molar-refractivity contribution < 1.29 is 28.7 Å². The van der Waals surface area contributed by atoms with Crippen molar-refractivity contribution in [2.75, 3.05) is 19.5 Å². The lowest BCUT2D eigenvalue weighted by Crippen LogP contribution is -2.40. The molecular weight excluding hydrogens is 470 g/mol. The van der Waals surface area contributed by atoms with E-state index in [0.29, 0.717) is 27.4 Å². The number of Topliss-reactive ketones (excluding diaryl/α,β-unsaturated/α-hetero) is 1. The highest BCUT2D eigenvalue weighted by atomic mass is 32.1. The molecule has 0 bridgehead atoms. The van der Waals surface area contributed by atoms with Crippen LogP contribution in [0.25, 0.3) is 0 Å². The quantitative estimate of drug-likeness (QED) is 0.485. The van der Waals surface area contributed by atoms with Crippen LogP contribution in [-0.2, 0) is 20.7 Å². The Labute approximate surface area is 205 Å². The number of amides is 2. The summed E-state index contributed by atoms with van der Waals surface area (Å²) in [6, 6.07) is 14.3. The molecule has 10 heteroatoms. The first-order chi connectivity index (χ1) is 16.9.